The first kappa shape index (κ1) is 21.3. The molecule has 0 bridgehead atoms. The maximum Gasteiger partial charge on any atom is 0.255 e. The van der Waals surface area contributed by atoms with Crippen molar-refractivity contribution in [2.24, 2.45) is 4.99 Å². The van der Waals surface area contributed by atoms with Crippen molar-refractivity contribution in [3.8, 4) is 11.5 Å². The monoisotopic (exact) mass is 440 g/mol. The largest absolute Gasteiger partial charge is 0.457 e. The Morgan fingerprint density at radius 3 is 2.38 bits per heavy atom. The lowest BCUT2D eigenvalue weighted by Crippen LogP contribution is -2.12. The number of rotatable bonds is 6. The van der Waals surface area contributed by atoms with Crippen LogP contribution >= 0.6 is 11.6 Å². The molecule has 0 unspecified atom stereocenters. The molecule has 4 rings (SSSR count). The number of hydrogen-bond acceptors (Lipinski definition) is 3. The van der Waals surface area contributed by atoms with Gasteiger partial charge in [-0.1, -0.05) is 41.9 Å². The smallest absolute Gasteiger partial charge is 0.255 e. The number of para-hydroxylation sites is 1. The summed E-state index contributed by atoms with van der Waals surface area (Å²) < 4.78 is 5.86. The Kier molecular flexibility index (Phi) is 6.63. The third kappa shape index (κ3) is 5.62. The summed E-state index contributed by atoms with van der Waals surface area (Å²) >= 11 is 5.97. The second kappa shape index (κ2) is 9.94. The molecule has 0 saturated heterocycles. The van der Waals surface area contributed by atoms with Crippen LogP contribution in [0.1, 0.15) is 21.5 Å². The van der Waals surface area contributed by atoms with Crippen molar-refractivity contribution >= 4 is 35.1 Å². The van der Waals surface area contributed by atoms with Crippen molar-refractivity contribution in [1.29, 1.82) is 0 Å². The fraction of sp³-hybridized carbons (Fsp3) is 0.0370. The van der Waals surface area contributed by atoms with Gasteiger partial charge in [0.2, 0.25) is 0 Å². The lowest BCUT2D eigenvalue weighted by atomic mass is 10.1. The topological polar surface area (TPSA) is 50.7 Å². The normalized spacial score (nSPS) is 10.8. The Morgan fingerprint density at radius 2 is 1.62 bits per heavy atom. The van der Waals surface area contributed by atoms with Gasteiger partial charge in [0.15, 0.2) is 0 Å². The van der Waals surface area contributed by atoms with Crippen LogP contribution in [0.2, 0.25) is 5.02 Å². The molecule has 158 valence electrons. The molecule has 0 heterocycles. The standard InChI is InChI=1S/C27H21ClN2O2/c1-19-16-22(28)12-15-26(19)30-27(31)21-10-13-23(14-11-21)29-18-20-6-5-9-25(17-20)32-24-7-3-2-4-8-24/h2-18H,1H3,(H,30,31). The molecule has 4 aromatic carbocycles. The molecule has 4 aromatic rings. The molecule has 0 spiro atoms. The Hall–Kier alpha value is -3.89. The number of hydrogen-bond donors (Lipinski definition) is 1. The number of ether oxygens (including phenoxy) is 1. The van der Waals surface area contributed by atoms with Gasteiger partial charge in [-0.05, 0) is 84.8 Å². The van der Waals surface area contributed by atoms with E-state index >= 15 is 0 Å². The van der Waals surface area contributed by atoms with Crippen molar-refractivity contribution in [1.82, 2.24) is 0 Å². The Labute approximate surface area is 192 Å². The number of halogens is 1. The van der Waals surface area contributed by atoms with E-state index in [0.717, 1.165) is 34.0 Å². The minimum atomic E-state index is -0.184. The molecule has 0 aliphatic rings. The van der Waals surface area contributed by atoms with Gasteiger partial charge in [-0.25, -0.2) is 0 Å². The third-order valence-corrected chi connectivity index (χ3v) is 5.00. The number of carbonyl (C=O) groups is 1. The summed E-state index contributed by atoms with van der Waals surface area (Å²) in [6, 6.07) is 29.8. The summed E-state index contributed by atoms with van der Waals surface area (Å²) in [5.74, 6) is 1.34. The molecule has 0 aliphatic carbocycles. The maximum atomic E-state index is 12.5. The van der Waals surface area contributed by atoms with Gasteiger partial charge in [0.1, 0.15) is 11.5 Å². The van der Waals surface area contributed by atoms with E-state index in [0.29, 0.717) is 10.6 Å². The SMILES string of the molecule is Cc1cc(Cl)ccc1NC(=O)c1ccc(N=Cc2cccc(Oc3ccccc3)c2)cc1. The zero-order valence-corrected chi connectivity index (χ0v) is 18.2. The molecule has 0 aliphatic heterocycles. The summed E-state index contributed by atoms with van der Waals surface area (Å²) in [6.07, 6.45) is 1.77. The van der Waals surface area contributed by atoms with Gasteiger partial charge in [0, 0.05) is 22.5 Å². The Morgan fingerprint density at radius 1 is 0.875 bits per heavy atom. The molecule has 1 N–H and O–H groups in total. The van der Waals surface area contributed by atoms with Gasteiger partial charge >= 0.3 is 0 Å². The van der Waals surface area contributed by atoms with Crippen LogP contribution in [0.25, 0.3) is 0 Å². The van der Waals surface area contributed by atoms with Gasteiger partial charge < -0.3 is 10.1 Å². The first-order valence-corrected chi connectivity index (χ1v) is 10.5. The molecule has 5 heteroatoms. The van der Waals surface area contributed by atoms with Crippen LogP contribution in [0.4, 0.5) is 11.4 Å². The zero-order valence-electron chi connectivity index (χ0n) is 17.5. The number of aryl methyl sites for hydroxylation is 1. The van der Waals surface area contributed by atoms with Crippen LogP contribution in [0.3, 0.4) is 0 Å². The second-order valence-electron chi connectivity index (χ2n) is 7.21. The first-order chi connectivity index (χ1) is 15.6. The third-order valence-electron chi connectivity index (χ3n) is 4.77. The summed E-state index contributed by atoms with van der Waals surface area (Å²) in [5.41, 5.74) is 3.86. The number of carbonyl (C=O) groups excluding carboxylic acids is 1. The number of amides is 1. The van der Waals surface area contributed by atoms with E-state index in [1.807, 2.05) is 79.7 Å². The zero-order chi connectivity index (χ0) is 22.3. The van der Waals surface area contributed by atoms with Gasteiger partial charge in [0.25, 0.3) is 5.91 Å². The molecular weight excluding hydrogens is 420 g/mol. The molecule has 0 saturated carbocycles. The lowest BCUT2D eigenvalue weighted by molar-refractivity contribution is 0.102. The highest BCUT2D eigenvalue weighted by atomic mass is 35.5. The number of anilines is 1. The van der Waals surface area contributed by atoms with E-state index < -0.39 is 0 Å². The Bertz CT molecular complexity index is 1250. The minimum Gasteiger partial charge on any atom is -0.457 e. The Balaban J connectivity index is 1.41. The average molecular weight is 441 g/mol. The van der Waals surface area contributed by atoms with E-state index in [1.54, 1.807) is 30.5 Å². The number of nitrogens with one attached hydrogen (secondary N) is 1. The average Bonchev–Trinajstić information content (AvgIpc) is 2.81. The van der Waals surface area contributed by atoms with Crippen LogP contribution in [0.15, 0.2) is 102 Å². The van der Waals surface area contributed by atoms with Gasteiger partial charge in [-0.15, -0.1) is 0 Å². The van der Waals surface area contributed by atoms with Crippen molar-refractivity contribution in [2.45, 2.75) is 6.92 Å². The van der Waals surface area contributed by atoms with E-state index in [2.05, 4.69) is 10.3 Å². The van der Waals surface area contributed by atoms with Crippen molar-refractivity contribution in [3.63, 3.8) is 0 Å². The quantitative estimate of drug-likeness (QED) is 0.316. The lowest BCUT2D eigenvalue weighted by Gasteiger charge is -2.09. The van der Waals surface area contributed by atoms with Crippen molar-refractivity contribution in [2.75, 3.05) is 5.32 Å². The molecule has 0 fully saturated rings. The van der Waals surface area contributed by atoms with E-state index in [1.165, 1.54) is 0 Å². The molecule has 32 heavy (non-hydrogen) atoms. The first-order valence-electron chi connectivity index (χ1n) is 10.1. The molecule has 0 radical (unpaired) electrons. The maximum absolute atomic E-state index is 12.5. The summed E-state index contributed by atoms with van der Waals surface area (Å²) in [4.78, 5) is 17.0. The fourth-order valence-electron chi connectivity index (χ4n) is 3.09. The number of nitrogens with zero attached hydrogens (tertiary/aromatic N) is 1. The molecule has 1 amide bonds. The number of benzene rings is 4. The van der Waals surface area contributed by atoms with Crippen LogP contribution in [-0.2, 0) is 0 Å². The predicted octanol–water partition coefficient (Wildman–Crippen LogP) is 7.44. The highest BCUT2D eigenvalue weighted by Crippen LogP contribution is 2.23. The van der Waals surface area contributed by atoms with Crippen LogP contribution < -0.4 is 10.1 Å². The molecular formula is C27H21ClN2O2. The van der Waals surface area contributed by atoms with Crippen LogP contribution in [-0.4, -0.2) is 12.1 Å². The summed E-state index contributed by atoms with van der Waals surface area (Å²) in [6.45, 7) is 1.90. The predicted molar refractivity (Wildman–Crippen MR) is 131 cm³/mol. The highest BCUT2D eigenvalue weighted by Gasteiger charge is 2.08. The van der Waals surface area contributed by atoms with Gasteiger partial charge in [-0.3, -0.25) is 9.79 Å². The van der Waals surface area contributed by atoms with E-state index in [9.17, 15) is 4.79 Å². The van der Waals surface area contributed by atoms with Crippen LogP contribution in [0.5, 0.6) is 11.5 Å². The van der Waals surface area contributed by atoms with Gasteiger partial charge in [0.05, 0.1) is 5.69 Å². The van der Waals surface area contributed by atoms with Crippen molar-refractivity contribution < 1.29 is 9.53 Å². The van der Waals surface area contributed by atoms with Gasteiger partial charge in [-0.2, -0.15) is 0 Å². The summed E-state index contributed by atoms with van der Waals surface area (Å²) in [5, 5.41) is 3.55. The van der Waals surface area contributed by atoms with Crippen LogP contribution in [0, 0.1) is 6.92 Å². The van der Waals surface area contributed by atoms with Crippen molar-refractivity contribution in [3.05, 3.63) is 119 Å². The summed E-state index contributed by atoms with van der Waals surface area (Å²) in [7, 11) is 0. The molecule has 4 nitrogen and oxygen atoms in total. The van der Waals surface area contributed by atoms with E-state index in [4.69, 9.17) is 16.3 Å². The highest BCUT2D eigenvalue weighted by molar-refractivity contribution is 6.30. The molecule has 0 aromatic heterocycles. The van der Waals surface area contributed by atoms with E-state index in [-0.39, 0.29) is 5.91 Å². The number of aliphatic imine (C=N–C) groups is 1. The fourth-order valence-corrected chi connectivity index (χ4v) is 3.32. The molecule has 0 atom stereocenters. The minimum absolute atomic E-state index is 0.184. The second-order valence-corrected chi connectivity index (χ2v) is 7.64.